The van der Waals surface area contributed by atoms with Crippen LogP contribution in [0.4, 0.5) is 0 Å². The molecule has 0 aromatic carbocycles. The third kappa shape index (κ3) is 6.35. The van der Waals surface area contributed by atoms with E-state index in [0.29, 0.717) is 6.61 Å². The van der Waals surface area contributed by atoms with E-state index in [2.05, 4.69) is 31.0 Å². The largest absolute Gasteiger partial charge is 0.465 e. The summed E-state index contributed by atoms with van der Waals surface area (Å²) in [7, 11) is 0. The van der Waals surface area contributed by atoms with Crippen molar-refractivity contribution in [3.8, 4) is 0 Å². The second-order valence-electron chi connectivity index (χ2n) is 7.00. The number of unbranched alkanes of at least 4 members (excludes halogenated alkanes) is 1. The number of likely N-dealkylation sites (tertiary alicyclic amines) is 1. The molecular weight excluding hydrogens is 264 g/mol. The predicted octanol–water partition coefficient (Wildman–Crippen LogP) is 2.82. The van der Waals surface area contributed by atoms with Crippen molar-refractivity contribution >= 4 is 5.97 Å². The van der Waals surface area contributed by atoms with Crippen LogP contribution in [0, 0.1) is 5.92 Å². The van der Waals surface area contributed by atoms with E-state index >= 15 is 0 Å². The molecule has 1 aliphatic rings. The van der Waals surface area contributed by atoms with Gasteiger partial charge in [0.15, 0.2) is 0 Å². The summed E-state index contributed by atoms with van der Waals surface area (Å²) >= 11 is 0. The molecule has 124 valence electrons. The predicted molar refractivity (Wildman–Crippen MR) is 87.4 cm³/mol. The van der Waals surface area contributed by atoms with Crippen LogP contribution in [0.2, 0.25) is 0 Å². The highest BCUT2D eigenvalue weighted by Crippen LogP contribution is 2.19. The van der Waals surface area contributed by atoms with Crippen LogP contribution in [0.5, 0.6) is 0 Å². The highest BCUT2D eigenvalue weighted by molar-refractivity contribution is 5.80. The maximum atomic E-state index is 12.2. The summed E-state index contributed by atoms with van der Waals surface area (Å²) in [6.45, 7) is 14.4. The van der Waals surface area contributed by atoms with Crippen LogP contribution in [-0.2, 0) is 9.53 Å². The van der Waals surface area contributed by atoms with Gasteiger partial charge in [-0.05, 0) is 72.4 Å². The molecule has 1 saturated heterocycles. The molecule has 0 aliphatic carbocycles. The Morgan fingerprint density at radius 3 is 2.67 bits per heavy atom. The number of rotatable bonds is 9. The van der Waals surface area contributed by atoms with E-state index < -0.39 is 5.54 Å². The summed E-state index contributed by atoms with van der Waals surface area (Å²) in [5, 5.41) is 3.39. The molecule has 1 fully saturated rings. The van der Waals surface area contributed by atoms with Crippen molar-refractivity contribution in [2.45, 2.75) is 71.9 Å². The number of carbonyl (C=O) groups excluding carboxylic acids is 1. The number of nitrogens with zero attached hydrogens (tertiary/aromatic N) is 1. The van der Waals surface area contributed by atoms with Gasteiger partial charge >= 0.3 is 5.97 Å². The first-order chi connectivity index (χ1) is 9.87. The van der Waals surface area contributed by atoms with Gasteiger partial charge in [0.1, 0.15) is 5.54 Å². The van der Waals surface area contributed by atoms with Crippen molar-refractivity contribution < 1.29 is 9.53 Å². The second-order valence-corrected chi connectivity index (χ2v) is 7.00. The quantitative estimate of drug-likeness (QED) is 0.525. The molecular formula is C17H34N2O2. The molecule has 0 aromatic rings. The molecule has 4 heteroatoms. The molecule has 0 radical (unpaired) electrons. The lowest BCUT2D eigenvalue weighted by Gasteiger charge is -2.31. The van der Waals surface area contributed by atoms with Gasteiger partial charge in [-0.2, -0.15) is 0 Å². The van der Waals surface area contributed by atoms with Gasteiger partial charge in [-0.15, -0.1) is 0 Å². The molecule has 0 amide bonds. The molecule has 1 rings (SSSR count). The number of hydrogen-bond acceptors (Lipinski definition) is 4. The zero-order valence-electron chi connectivity index (χ0n) is 14.6. The van der Waals surface area contributed by atoms with E-state index in [9.17, 15) is 4.79 Å². The van der Waals surface area contributed by atoms with E-state index in [1.807, 2.05) is 13.8 Å². The minimum absolute atomic E-state index is 0.117. The summed E-state index contributed by atoms with van der Waals surface area (Å²) < 4.78 is 5.24. The van der Waals surface area contributed by atoms with Crippen LogP contribution in [0.15, 0.2) is 0 Å². The minimum Gasteiger partial charge on any atom is -0.465 e. The molecule has 0 bridgehead atoms. The van der Waals surface area contributed by atoms with Crippen LogP contribution in [0.3, 0.4) is 0 Å². The minimum atomic E-state index is -0.553. The number of nitrogens with one attached hydrogen (secondary N) is 1. The molecule has 21 heavy (non-hydrogen) atoms. The van der Waals surface area contributed by atoms with Crippen LogP contribution < -0.4 is 5.32 Å². The second kappa shape index (κ2) is 8.74. The Kier molecular flexibility index (Phi) is 7.67. The van der Waals surface area contributed by atoms with Gasteiger partial charge in [-0.3, -0.25) is 10.1 Å². The Labute approximate surface area is 130 Å². The summed E-state index contributed by atoms with van der Waals surface area (Å²) in [6, 6.07) is 0.277. The van der Waals surface area contributed by atoms with Crippen molar-refractivity contribution in [2.75, 3.05) is 26.2 Å². The molecule has 0 spiro atoms. The molecule has 1 heterocycles. The third-order valence-electron chi connectivity index (χ3n) is 4.24. The zero-order chi connectivity index (χ0) is 15.9. The van der Waals surface area contributed by atoms with Crippen molar-refractivity contribution in [3.63, 3.8) is 0 Å². The van der Waals surface area contributed by atoms with Crippen molar-refractivity contribution in [3.05, 3.63) is 0 Å². The van der Waals surface area contributed by atoms with Crippen LogP contribution in [0.1, 0.15) is 60.3 Å². The van der Waals surface area contributed by atoms with E-state index in [1.165, 1.54) is 19.5 Å². The molecule has 1 aliphatic heterocycles. The van der Waals surface area contributed by atoms with Gasteiger partial charge < -0.3 is 9.64 Å². The van der Waals surface area contributed by atoms with E-state index in [4.69, 9.17) is 4.74 Å². The standard InChI is InChI=1S/C17H34N2O2/c1-6-21-16(20)17(5,18-14(2)3)10-7-8-11-19-12-9-15(4)13-19/h14-15,18H,6-13H2,1-5H3. The summed E-state index contributed by atoms with van der Waals surface area (Å²) in [5.41, 5.74) is -0.553. The van der Waals surface area contributed by atoms with E-state index in [0.717, 1.165) is 31.7 Å². The van der Waals surface area contributed by atoms with Gasteiger partial charge in [-0.25, -0.2) is 0 Å². The van der Waals surface area contributed by atoms with E-state index in [-0.39, 0.29) is 12.0 Å². The number of ether oxygens (including phenoxy) is 1. The monoisotopic (exact) mass is 298 g/mol. The van der Waals surface area contributed by atoms with Gasteiger partial charge in [0.05, 0.1) is 6.61 Å². The van der Waals surface area contributed by atoms with Crippen molar-refractivity contribution in [1.82, 2.24) is 10.2 Å². The highest BCUT2D eigenvalue weighted by atomic mass is 16.5. The summed E-state index contributed by atoms with van der Waals surface area (Å²) in [6.07, 6.45) is 4.38. The Bertz CT molecular complexity index is 320. The molecule has 1 N–H and O–H groups in total. The zero-order valence-corrected chi connectivity index (χ0v) is 14.6. The Morgan fingerprint density at radius 2 is 2.14 bits per heavy atom. The fourth-order valence-corrected chi connectivity index (χ4v) is 3.20. The Hall–Kier alpha value is -0.610. The van der Waals surface area contributed by atoms with Gasteiger partial charge in [0.25, 0.3) is 0 Å². The Balaban J connectivity index is 2.36. The van der Waals surface area contributed by atoms with Crippen LogP contribution in [0.25, 0.3) is 0 Å². The van der Waals surface area contributed by atoms with Crippen molar-refractivity contribution in [1.29, 1.82) is 0 Å². The number of carbonyl (C=O) groups is 1. The SMILES string of the molecule is CCOC(=O)C(C)(CCCCN1CCC(C)C1)NC(C)C. The average Bonchev–Trinajstić information content (AvgIpc) is 2.80. The molecule has 2 atom stereocenters. The lowest BCUT2D eigenvalue weighted by molar-refractivity contribution is -0.151. The van der Waals surface area contributed by atoms with E-state index in [1.54, 1.807) is 0 Å². The first-order valence-electron chi connectivity index (χ1n) is 8.54. The summed E-state index contributed by atoms with van der Waals surface area (Å²) in [4.78, 5) is 14.7. The molecule has 0 saturated carbocycles. The van der Waals surface area contributed by atoms with Gasteiger partial charge in [-0.1, -0.05) is 6.92 Å². The van der Waals surface area contributed by atoms with Gasteiger partial charge in [0, 0.05) is 12.6 Å². The van der Waals surface area contributed by atoms with Crippen molar-refractivity contribution in [2.24, 2.45) is 5.92 Å². The normalized spacial score (nSPS) is 22.5. The highest BCUT2D eigenvalue weighted by Gasteiger charge is 2.34. The average molecular weight is 298 g/mol. The maximum absolute atomic E-state index is 12.2. The van der Waals surface area contributed by atoms with Crippen LogP contribution >= 0.6 is 0 Å². The first kappa shape index (κ1) is 18.4. The molecule has 0 aromatic heterocycles. The Morgan fingerprint density at radius 1 is 1.43 bits per heavy atom. The number of hydrogen-bond donors (Lipinski definition) is 1. The molecule has 4 nitrogen and oxygen atoms in total. The smallest absolute Gasteiger partial charge is 0.326 e. The van der Waals surface area contributed by atoms with Gasteiger partial charge in [0.2, 0.25) is 0 Å². The first-order valence-corrected chi connectivity index (χ1v) is 8.54. The lowest BCUT2D eigenvalue weighted by Crippen LogP contribution is -2.53. The number of esters is 1. The lowest BCUT2D eigenvalue weighted by atomic mass is 9.93. The van der Waals surface area contributed by atoms with Crippen LogP contribution in [-0.4, -0.2) is 48.7 Å². The summed E-state index contributed by atoms with van der Waals surface area (Å²) in [5.74, 6) is 0.728. The molecule has 2 unspecified atom stereocenters. The topological polar surface area (TPSA) is 41.6 Å². The maximum Gasteiger partial charge on any atom is 0.326 e. The third-order valence-corrected chi connectivity index (χ3v) is 4.24. The fraction of sp³-hybridized carbons (Fsp3) is 0.941. The fourth-order valence-electron chi connectivity index (χ4n) is 3.20.